The zero-order chi connectivity index (χ0) is 37.1. The lowest BCUT2D eigenvalue weighted by Crippen LogP contribution is -2.52. The Morgan fingerprint density at radius 1 is 0.625 bits per heavy atom. The summed E-state index contributed by atoms with van der Waals surface area (Å²) in [6.45, 7) is 20.0. The van der Waals surface area contributed by atoms with E-state index in [9.17, 15) is 24.0 Å². The maximum absolute atomic E-state index is 13.2. The summed E-state index contributed by atoms with van der Waals surface area (Å²) >= 11 is 3.14. The van der Waals surface area contributed by atoms with E-state index in [1.165, 1.54) is 0 Å². The van der Waals surface area contributed by atoms with E-state index in [4.69, 9.17) is 18.9 Å². The highest BCUT2D eigenvalue weighted by Gasteiger charge is 2.32. The first-order chi connectivity index (χ1) is 21.7. The van der Waals surface area contributed by atoms with Crippen molar-refractivity contribution < 1.29 is 42.9 Å². The molecule has 13 heteroatoms. The number of carbonyl (C=O) groups excluding carboxylic acids is 5. The minimum atomic E-state index is -0.779. The molecule has 0 saturated heterocycles. The van der Waals surface area contributed by atoms with Crippen molar-refractivity contribution >= 4 is 51.4 Å². The van der Waals surface area contributed by atoms with Gasteiger partial charge in [-0.2, -0.15) is 0 Å². The molecular formula is C35H56BrN3O9. The highest BCUT2D eigenvalue weighted by molar-refractivity contribution is 9.09. The molecule has 0 heterocycles. The van der Waals surface area contributed by atoms with Gasteiger partial charge in [-0.3, -0.25) is 33.8 Å². The predicted molar refractivity (Wildman–Crippen MR) is 188 cm³/mol. The second kappa shape index (κ2) is 18.1. The van der Waals surface area contributed by atoms with Crippen LogP contribution in [0.2, 0.25) is 0 Å². The van der Waals surface area contributed by atoms with Crippen LogP contribution in [-0.2, 0) is 49.3 Å². The molecule has 1 aromatic carbocycles. The molecule has 0 aliphatic heterocycles. The number of rotatable bonds is 15. The van der Waals surface area contributed by atoms with Crippen molar-refractivity contribution in [3.05, 3.63) is 29.8 Å². The van der Waals surface area contributed by atoms with Gasteiger partial charge in [-0.05, 0) is 107 Å². The summed E-state index contributed by atoms with van der Waals surface area (Å²) in [5.41, 5.74) is -1.68. The van der Waals surface area contributed by atoms with Gasteiger partial charge >= 0.3 is 23.9 Å². The number of ether oxygens (including phenoxy) is 4. The van der Waals surface area contributed by atoms with Crippen molar-refractivity contribution in [2.75, 3.05) is 43.4 Å². The molecule has 0 aliphatic carbocycles. The first kappa shape index (κ1) is 43.0. The van der Waals surface area contributed by atoms with Crippen LogP contribution in [0.5, 0.6) is 0 Å². The number of nitrogens with zero attached hydrogens (tertiary/aromatic N) is 2. The number of nitrogens with one attached hydrogen (secondary N) is 1. The first-order valence-electron chi connectivity index (χ1n) is 16.0. The Labute approximate surface area is 294 Å². The molecule has 0 unspecified atom stereocenters. The Kier molecular flexibility index (Phi) is 16.2. The van der Waals surface area contributed by atoms with E-state index in [-0.39, 0.29) is 50.4 Å². The number of hydrogen-bond donors (Lipinski definition) is 1. The number of alkyl halides is 1. The van der Waals surface area contributed by atoms with Crippen molar-refractivity contribution in [3.8, 4) is 0 Å². The predicted octanol–water partition coefficient (Wildman–Crippen LogP) is 4.90. The third kappa shape index (κ3) is 20.4. The smallest absolute Gasteiger partial charge is 0.320 e. The van der Waals surface area contributed by atoms with Crippen molar-refractivity contribution in [2.24, 2.45) is 0 Å². The van der Waals surface area contributed by atoms with Crippen LogP contribution in [0.1, 0.15) is 88.6 Å². The van der Waals surface area contributed by atoms with Gasteiger partial charge in [0.2, 0.25) is 5.91 Å². The first-order valence-corrected chi connectivity index (χ1v) is 17.1. The highest BCUT2D eigenvalue weighted by Crippen LogP contribution is 2.19. The van der Waals surface area contributed by atoms with Crippen LogP contribution >= 0.6 is 15.9 Å². The molecule has 0 aromatic heterocycles. The van der Waals surface area contributed by atoms with E-state index in [0.717, 1.165) is 5.56 Å². The van der Waals surface area contributed by atoms with Gasteiger partial charge in [0.1, 0.15) is 22.4 Å². The Balaban J connectivity index is 3.64. The van der Waals surface area contributed by atoms with Crippen LogP contribution in [0.4, 0.5) is 5.69 Å². The van der Waals surface area contributed by atoms with Gasteiger partial charge in [0.15, 0.2) is 0 Å². The normalized spacial score (nSPS) is 13.1. The number of carbonyl (C=O) groups is 5. The maximum atomic E-state index is 13.2. The summed E-state index contributed by atoms with van der Waals surface area (Å²) in [7, 11) is 0. The molecule has 1 aromatic rings. The van der Waals surface area contributed by atoms with Gasteiger partial charge in [0.05, 0.1) is 31.5 Å². The summed E-state index contributed by atoms with van der Waals surface area (Å²) in [6.07, 6.45) is 0.289. The lowest BCUT2D eigenvalue weighted by molar-refractivity contribution is -0.165. The number of anilines is 1. The number of halogens is 1. The zero-order valence-electron chi connectivity index (χ0n) is 30.8. The number of esters is 4. The van der Waals surface area contributed by atoms with E-state index in [1.807, 2.05) is 12.1 Å². The molecule has 12 nitrogen and oxygen atoms in total. The van der Waals surface area contributed by atoms with Crippen LogP contribution in [0, 0.1) is 0 Å². The monoisotopic (exact) mass is 741 g/mol. The Hall–Kier alpha value is -3.03. The molecule has 0 aliphatic rings. The Bertz CT molecular complexity index is 1180. The van der Waals surface area contributed by atoms with E-state index < -0.39 is 52.3 Å². The molecule has 1 amide bonds. The molecule has 0 saturated carbocycles. The lowest BCUT2D eigenvalue weighted by Gasteiger charge is -2.36. The molecule has 1 N–H and O–H groups in total. The molecule has 0 radical (unpaired) electrons. The maximum Gasteiger partial charge on any atom is 0.320 e. The second-order valence-corrected chi connectivity index (χ2v) is 16.2. The minimum absolute atomic E-state index is 0.0617. The molecular weight excluding hydrogens is 686 g/mol. The fourth-order valence-electron chi connectivity index (χ4n) is 4.49. The van der Waals surface area contributed by atoms with Gasteiger partial charge in [-0.25, -0.2) is 0 Å². The molecule has 1 atom stereocenters. The van der Waals surface area contributed by atoms with Crippen molar-refractivity contribution in [2.45, 2.75) is 118 Å². The average Bonchev–Trinajstić information content (AvgIpc) is 2.84. The van der Waals surface area contributed by atoms with Crippen molar-refractivity contribution in [3.63, 3.8) is 0 Å². The second-order valence-electron chi connectivity index (χ2n) is 15.7. The number of amides is 1. The number of hydrogen-bond acceptors (Lipinski definition) is 11. The molecule has 272 valence electrons. The summed E-state index contributed by atoms with van der Waals surface area (Å²) in [5.74, 6) is -2.43. The van der Waals surface area contributed by atoms with E-state index in [2.05, 4.69) is 21.2 Å². The van der Waals surface area contributed by atoms with Gasteiger partial charge in [-0.15, -0.1) is 0 Å². The fraction of sp³-hybridized carbons (Fsp3) is 0.686. The van der Waals surface area contributed by atoms with Crippen LogP contribution < -0.4 is 5.32 Å². The van der Waals surface area contributed by atoms with Gasteiger partial charge < -0.3 is 24.3 Å². The SMILES string of the molecule is CC(C)(C)OC(=O)CN(CC(=O)OC(C)(C)C)C[C@H](Cc1ccc(NC(=O)CBr)cc1)N(CC(=O)OC(C)(C)C)CC(=O)OC(C)(C)C. The molecule has 0 fully saturated rings. The van der Waals surface area contributed by atoms with E-state index in [1.54, 1.807) is 105 Å². The highest BCUT2D eigenvalue weighted by atomic mass is 79.9. The zero-order valence-corrected chi connectivity index (χ0v) is 32.4. The lowest BCUT2D eigenvalue weighted by atomic mass is 10.0. The summed E-state index contributed by atoms with van der Waals surface area (Å²) in [4.78, 5) is 67.6. The molecule has 48 heavy (non-hydrogen) atoms. The summed E-state index contributed by atoms with van der Waals surface area (Å²) in [5, 5.41) is 2.92. The molecule has 0 bridgehead atoms. The molecule has 0 spiro atoms. The van der Waals surface area contributed by atoms with Crippen molar-refractivity contribution in [1.29, 1.82) is 0 Å². The van der Waals surface area contributed by atoms with Crippen LogP contribution in [0.15, 0.2) is 24.3 Å². The third-order valence-corrected chi connectivity index (χ3v) is 6.37. The van der Waals surface area contributed by atoms with E-state index in [0.29, 0.717) is 5.69 Å². The summed E-state index contributed by atoms with van der Waals surface area (Å²) < 4.78 is 22.4. The average molecular weight is 743 g/mol. The largest absolute Gasteiger partial charge is 0.459 e. The van der Waals surface area contributed by atoms with E-state index >= 15 is 0 Å². The topological polar surface area (TPSA) is 141 Å². The summed E-state index contributed by atoms with van der Waals surface area (Å²) in [6, 6.07) is 6.53. The quantitative estimate of drug-likeness (QED) is 0.149. The van der Waals surface area contributed by atoms with Gasteiger partial charge in [-0.1, -0.05) is 28.1 Å². The third-order valence-electron chi connectivity index (χ3n) is 5.87. The Morgan fingerprint density at radius 3 is 1.31 bits per heavy atom. The standard InChI is InChI=1S/C35H56BrN3O9/c1-32(2,3)45-28(41)20-38(21-29(42)46-33(4,5)6)19-26(17-24-13-15-25(16-14-24)37-27(40)18-36)39(22-30(43)47-34(7,8)9)23-31(44)48-35(10,11)12/h13-16,26H,17-23H2,1-12H3,(H,37,40)/t26-/m0/s1. The van der Waals surface area contributed by atoms with Gasteiger partial charge in [0, 0.05) is 18.3 Å². The van der Waals surface area contributed by atoms with Crippen LogP contribution in [0.3, 0.4) is 0 Å². The van der Waals surface area contributed by atoms with Crippen LogP contribution in [-0.4, -0.2) is 106 Å². The molecule has 1 rings (SSSR count). The minimum Gasteiger partial charge on any atom is -0.459 e. The number of benzene rings is 1. The fourth-order valence-corrected chi connectivity index (χ4v) is 4.63. The van der Waals surface area contributed by atoms with Crippen molar-refractivity contribution in [1.82, 2.24) is 9.80 Å². The Morgan fingerprint density at radius 2 is 0.979 bits per heavy atom. The van der Waals surface area contributed by atoms with Crippen LogP contribution in [0.25, 0.3) is 0 Å². The van der Waals surface area contributed by atoms with Gasteiger partial charge in [0.25, 0.3) is 0 Å².